The largest absolute Gasteiger partial charge is 0.436 e. The molecule has 1 fully saturated rings. The number of benzene rings is 4. The second kappa shape index (κ2) is 11.1. The van der Waals surface area contributed by atoms with Gasteiger partial charge in [0.1, 0.15) is 22.4 Å². The van der Waals surface area contributed by atoms with Crippen LogP contribution in [0.25, 0.3) is 22.6 Å². The van der Waals surface area contributed by atoms with Crippen LogP contribution in [0, 0.1) is 15.9 Å². The number of carbonyl (C=O) groups excluding carboxylic acids is 3. The summed E-state index contributed by atoms with van der Waals surface area (Å²) in [5.41, 5.74) is 2.13. The third kappa shape index (κ3) is 5.33. The third-order valence-electron chi connectivity index (χ3n) is 7.08. The van der Waals surface area contributed by atoms with Gasteiger partial charge >= 0.3 is 0 Å². The molecule has 1 atom stereocenters. The van der Waals surface area contributed by atoms with E-state index in [1.54, 1.807) is 30.3 Å². The zero-order chi connectivity index (χ0) is 30.2. The molecule has 1 aliphatic rings. The number of fused-ring (bicyclic) bond motifs is 1. The molecule has 0 spiro atoms. The number of imide groups is 1. The summed E-state index contributed by atoms with van der Waals surface area (Å²) in [6.07, 6.45) is -0.325. The molecule has 5 aromatic rings. The van der Waals surface area contributed by atoms with Crippen molar-refractivity contribution in [2.45, 2.75) is 19.0 Å². The number of halogens is 2. The summed E-state index contributed by atoms with van der Waals surface area (Å²) >= 11 is 5.93. The molecule has 43 heavy (non-hydrogen) atoms. The highest BCUT2D eigenvalue weighted by molar-refractivity contribution is 6.32. The Bertz CT molecular complexity index is 1880. The molecule has 1 aliphatic heterocycles. The molecule has 214 valence electrons. The van der Waals surface area contributed by atoms with E-state index in [-0.39, 0.29) is 29.2 Å². The minimum atomic E-state index is -1.23. The minimum absolute atomic E-state index is 0.0976. The number of hydrogen-bond donors (Lipinski definition) is 0. The van der Waals surface area contributed by atoms with Crippen LogP contribution in [0.5, 0.6) is 0 Å². The summed E-state index contributed by atoms with van der Waals surface area (Å²) in [5, 5.41) is 11.3. The summed E-state index contributed by atoms with van der Waals surface area (Å²) in [5.74, 6) is -2.04. The van der Waals surface area contributed by atoms with Gasteiger partial charge in [0.05, 0.1) is 17.0 Å². The number of para-hydroxylation sites is 2. The Morgan fingerprint density at radius 1 is 1.05 bits per heavy atom. The highest BCUT2D eigenvalue weighted by Crippen LogP contribution is 2.32. The summed E-state index contributed by atoms with van der Waals surface area (Å²) in [6, 6.07) is 21.4. The van der Waals surface area contributed by atoms with Crippen LogP contribution in [-0.2, 0) is 16.1 Å². The Balaban J connectivity index is 1.31. The fraction of sp³-hybridized carbons (Fsp3) is 0.0968. The lowest BCUT2D eigenvalue weighted by Crippen LogP contribution is -2.45. The quantitative estimate of drug-likeness (QED) is 0.124. The first kappa shape index (κ1) is 27.7. The molecule has 0 bridgehead atoms. The van der Waals surface area contributed by atoms with E-state index in [0.29, 0.717) is 28.1 Å². The Kier molecular flexibility index (Phi) is 7.16. The van der Waals surface area contributed by atoms with E-state index in [9.17, 15) is 28.9 Å². The summed E-state index contributed by atoms with van der Waals surface area (Å²) in [6.45, 7) is -0.163. The number of rotatable bonds is 7. The van der Waals surface area contributed by atoms with Crippen LogP contribution < -0.4 is 4.90 Å². The SMILES string of the molecule is O=C1CC(N(Cc2ccc(F)cc2)C(=O)c2ccc(Cl)c([N+](=O)[O-])c2)C(=O)N1c1ccc(-c2nc3ccccc3o2)cc1. The lowest BCUT2D eigenvalue weighted by atomic mass is 10.1. The van der Waals surface area contributed by atoms with Crippen molar-refractivity contribution in [3.63, 3.8) is 0 Å². The molecule has 12 heteroatoms. The zero-order valence-electron chi connectivity index (χ0n) is 22.1. The molecular formula is C31H20ClFN4O6. The van der Waals surface area contributed by atoms with Crippen molar-refractivity contribution in [3.8, 4) is 11.5 Å². The van der Waals surface area contributed by atoms with Gasteiger partial charge in [-0.2, -0.15) is 0 Å². The second-order valence-electron chi connectivity index (χ2n) is 9.80. The molecule has 3 amide bonds. The Morgan fingerprint density at radius 2 is 1.77 bits per heavy atom. The maximum absolute atomic E-state index is 13.7. The first-order chi connectivity index (χ1) is 20.7. The van der Waals surface area contributed by atoms with E-state index in [4.69, 9.17) is 16.0 Å². The standard InChI is InChI=1S/C31H20ClFN4O6/c32-23-14-9-20(15-25(23)37(41)42)30(39)35(17-18-5-10-21(33)11-6-18)26-16-28(38)36(31(26)40)22-12-7-19(8-13-22)29-34-24-3-1-2-4-27(24)43-29/h1-15,26H,16-17H2. The molecule has 2 heterocycles. The van der Waals surface area contributed by atoms with Crippen molar-refractivity contribution in [1.82, 2.24) is 9.88 Å². The molecule has 10 nitrogen and oxygen atoms in total. The Morgan fingerprint density at radius 3 is 2.47 bits per heavy atom. The van der Waals surface area contributed by atoms with Crippen LogP contribution >= 0.6 is 11.6 Å². The first-order valence-corrected chi connectivity index (χ1v) is 13.4. The van der Waals surface area contributed by atoms with Gasteiger partial charge in [0.15, 0.2) is 5.58 Å². The van der Waals surface area contributed by atoms with Crippen molar-refractivity contribution in [3.05, 3.63) is 123 Å². The molecule has 0 N–H and O–H groups in total. The highest BCUT2D eigenvalue weighted by Gasteiger charge is 2.44. The Hall–Kier alpha value is -5.42. The normalized spacial score (nSPS) is 14.8. The van der Waals surface area contributed by atoms with Crippen LogP contribution in [0.2, 0.25) is 5.02 Å². The van der Waals surface area contributed by atoms with Gasteiger partial charge in [-0.15, -0.1) is 0 Å². The van der Waals surface area contributed by atoms with Crippen LogP contribution in [0.15, 0.2) is 95.4 Å². The van der Waals surface area contributed by atoms with Gasteiger partial charge in [0.25, 0.3) is 17.5 Å². The van der Waals surface area contributed by atoms with Gasteiger partial charge in [-0.25, -0.2) is 14.3 Å². The smallest absolute Gasteiger partial charge is 0.288 e. The fourth-order valence-electron chi connectivity index (χ4n) is 4.94. The Labute approximate surface area is 248 Å². The number of carbonyl (C=O) groups is 3. The average molecular weight is 599 g/mol. The average Bonchev–Trinajstić information content (AvgIpc) is 3.57. The topological polar surface area (TPSA) is 127 Å². The van der Waals surface area contributed by atoms with Crippen LogP contribution in [-0.4, -0.2) is 38.6 Å². The van der Waals surface area contributed by atoms with Crippen LogP contribution in [0.3, 0.4) is 0 Å². The van der Waals surface area contributed by atoms with Crippen molar-refractivity contribution in [1.29, 1.82) is 0 Å². The number of hydrogen-bond acceptors (Lipinski definition) is 7. The molecular weight excluding hydrogens is 579 g/mol. The fourth-order valence-corrected chi connectivity index (χ4v) is 5.13. The summed E-state index contributed by atoms with van der Waals surface area (Å²) in [4.78, 5) is 58.0. The molecule has 4 aromatic carbocycles. The predicted molar refractivity (Wildman–Crippen MR) is 155 cm³/mol. The van der Waals surface area contributed by atoms with Gasteiger partial charge in [0, 0.05) is 23.7 Å². The lowest BCUT2D eigenvalue weighted by molar-refractivity contribution is -0.384. The van der Waals surface area contributed by atoms with E-state index in [1.807, 2.05) is 18.2 Å². The van der Waals surface area contributed by atoms with Gasteiger partial charge in [-0.1, -0.05) is 35.9 Å². The number of nitro benzene ring substituents is 1. The second-order valence-corrected chi connectivity index (χ2v) is 10.2. The molecule has 0 radical (unpaired) electrons. The lowest BCUT2D eigenvalue weighted by Gasteiger charge is -2.28. The molecule has 1 aromatic heterocycles. The highest BCUT2D eigenvalue weighted by atomic mass is 35.5. The molecule has 0 saturated carbocycles. The van der Waals surface area contributed by atoms with Crippen molar-refractivity contribution in [2.24, 2.45) is 0 Å². The number of oxazole rings is 1. The number of anilines is 1. The van der Waals surface area contributed by atoms with Gasteiger partial charge in [-0.3, -0.25) is 24.5 Å². The summed E-state index contributed by atoms with van der Waals surface area (Å²) < 4.78 is 19.4. The molecule has 1 saturated heterocycles. The van der Waals surface area contributed by atoms with E-state index in [1.165, 1.54) is 36.4 Å². The van der Waals surface area contributed by atoms with Gasteiger partial charge < -0.3 is 9.32 Å². The maximum atomic E-state index is 13.7. The summed E-state index contributed by atoms with van der Waals surface area (Å²) in [7, 11) is 0. The van der Waals surface area contributed by atoms with Crippen molar-refractivity contribution in [2.75, 3.05) is 4.90 Å². The molecule has 0 aliphatic carbocycles. The number of nitro groups is 1. The van der Waals surface area contributed by atoms with Crippen molar-refractivity contribution < 1.29 is 28.1 Å². The third-order valence-corrected chi connectivity index (χ3v) is 7.40. The molecule has 6 rings (SSSR count). The van der Waals surface area contributed by atoms with E-state index >= 15 is 0 Å². The predicted octanol–water partition coefficient (Wildman–Crippen LogP) is 6.17. The maximum Gasteiger partial charge on any atom is 0.288 e. The van der Waals surface area contributed by atoms with Crippen molar-refractivity contribution >= 4 is 51.8 Å². The number of amides is 3. The zero-order valence-corrected chi connectivity index (χ0v) is 22.9. The van der Waals surface area contributed by atoms with Gasteiger partial charge in [0.2, 0.25) is 11.8 Å². The number of nitrogens with zero attached hydrogens (tertiary/aromatic N) is 4. The first-order valence-electron chi connectivity index (χ1n) is 13.0. The molecule has 1 unspecified atom stereocenters. The van der Waals surface area contributed by atoms with Crippen LogP contribution in [0.1, 0.15) is 22.3 Å². The number of aromatic nitrogens is 1. The van der Waals surface area contributed by atoms with Crippen LogP contribution in [0.4, 0.5) is 15.8 Å². The van der Waals surface area contributed by atoms with E-state index < -0.39 is 40.2 Å². The monoisotopic (exact) mass is 598 g/mol. The van der Waals surface area contributed by atoms with Gasteiger partial charge in [-0.05, 0) is 66.2 Å². The van der Waals surface area contributed by atoms with E-state index in [0.717, 1.165) is 15.9 Å². The minimum Gasteiger partial charge on any atom is -0.436 e. The van der Waals surface area contributed by atoms with E-state index in [2.05, 4.69) is 4.98 Å².